The first kappa shape index (κ1) is 16.0. The average molecular weight is 324 g/mol. The van der Waals surface area contributed by atoms with E-state index in [4.69, 9.17) is 0 Å². The molecular weight excluding hydrogens is 305 g/mol. The second-order valence-electron chi connectivity index (χ2n) is 6.00. The van der Waals surface area contributed by atoms with Crippen molar-refractivity contribution in [3.05, 3.63) is 30.0 Å². The van der Waals surface area contributed by atoms with Crippen LogP contribution in [-0.4, -0.2) is 53.3 Å². The Hall–Kier alpha value is -1.89. The van der Waals surface area contributed by atoms with Crippen LogP contribution >= 0.6 is 0 Å². The molecule has 2 heterocycles. The van der Waals surface area contributed by atoms with Gasteiger partial charge in [-0.1, -0.05) is 12.1 Å². The zero-order valence-corrected chi connectivity index (χ0v) is 13.1. The van der Waals surface area contributed by atoms with E-state index < -0.39 is 12.7 Å². The van der Waals surface area contributed by atoms with Gasteiger partial charge >= 0.3 is 6.18 Å². The van der Waals surface area contributed by atoms with Crippen molar-refractivity contribution in [2.24, 2.45) is 0 Å². The summed E-state index contributed by atoms with van der Waals surface area (Å²) >= 11 is 0. The van der Waals surface area contributed by atoms with Gasteiger partial charge in [0, 0.05) is 25.7 Å². The summed E-state index contributed by atoms with van der Waals surface area (Å²) in [5, 5.41) is 0. The molecular formula is C16H19F3N4. The van der Waals surface area contributed by atoms with Crippen LogP contribution in [0.4, 0.5) is 19.0 Å². The summed E-state index contributed by atoms with van der Waals surface area (Å²) in [4.78, 5) is 12.7. The second kappa shape index (κ2) is 5.96. The van der Waals surface area contributed by atoms with E-state index in [2.05, 4.69) is 9.97 Å². The number of piperazine rings is 1. The molecule has 7 heteroatoms. The lowest BCUT2D eigenvalue weighted by Crippen LogP contribution is -2.54. The Morgan fingerprint density at radius 1 is 1.13 bits per heavy atom. The minimum atomic E-state index is -4.16. The Bertz CT molecular complexity index is 701. The van der Waals surface area contributed by atoms with Gasteiger partial charge in [0.1, 0.15) is 0 Å². The van der Waals surface area contributed by atoms with Gasteiger partial charge in [-0.3, -0.25) is 4.90 Å². The highest BCUT2D eigenvalue weighted by Crippen LogP contribution is 2.25. The number of halogens is 3. The van der Waals surface area contributed by atoms with Gasteiger partial charge in [0.05, 0.1) is 23.3 Å². The first-order valence-corrected chi connectivity index (χ1v) is 7.62. The molecule has 1 saturated heterocycles. The highest BCUT2D eigenvalue weighted by molar-refractivity contribution is 5.76. The van der Waals surface area contributed by atoms with Crippen LogP contribution in [0.25, 0.3) is 11.0 Å². The van der Waals surface area contributed by atoms with Gasteiger partial charge in [-0.15, -0.1) is 0 Å². The van der Waals surface area contributed by atoms with Crippen LogP contribution in [0.3, 0.4) is 0 Å². The lowest BCUT2D eigenvalue weighted by molar-refractivity contribution is -0.150. The standard InChI is InChI=1S/C16H19F3N4/c1-11-9-22(7-8-23(11)10-16(17,18)19)15-12(2)20-13-5-3-4-6-14(13)21-15/h3-6,11H,7-10H2,1-2H3. The first-order valence-electron chi connectivity index (χ1n) is 7.62. The van der Waals surface area contributed by atoms with E-state index in [9.17, 15) is 13.2 Å². The summed E-state index contributed by atoms with van der Waals surface area (Å²) in [6.45, 7) is 4.26. The maximum absolute atomic E-state index is 12.6. The lowest BCUT2D eigenvalue weighted by Gasteiger charge is -2.40. The number of benzene rings is 1. The predicted molar refractivity (Wildman–Crippen MR) is 83.6 cm³/mol. The highest BCUT2D eigenvalue weighted by Gasteiger charge is 2.35. The van der Waals surface area contributed by atoms with Crippen molar-refractivity contribution in [2.75, 3.05) is 31.1 Å². The maximum atomic E-state index is 12.6. The molecule has 0 radical (unpaired) electrons. The molecule has 1 aliphatic rings. The third-order valence-electron chi connectivity index (χ3n) is 4.17. The fourth-order valence-electron chi connectivity index (χ4n) is 3.03. The number of aromatic nitrogens is 2. The molecule has 1 aliphatic heterocycles. The van der Waals surface area contributed by atoms with E-state index in [0.29, 0.717) is 19.6 Å². The van der Waals surface area contributed by atoms with Crippen LogP contribution in [-0.2, 0) is 0 Å². The Labute approximate surface area is 132 Å². The summed E-state index contributed by atoms with van der Waals surface area (Å²) in [6.07, 6.45) is -4.16. The molecule has 0 N–H and O–H groups in total. The van der Waals surface area contributed by atoms with Crippen molar-refractivity contribution in [3.63, 3.8) is 0 Å². The highest BCUT2D eigenvalue weighted by atomic mass is 19.4. The SMILES string of the molecule is Cc1nc2ccccc2nc1N1CCN(CC(F)(F)F)C(C)C1. The van der Waals surface area contributed by atoms with Crippen LogP contribution in [0.15, 0.2) is 24.3 Å². The largest absolute Gasteiger partial charge is 0.401 e. The number of rotatable bonds is 2. The topological polar surface area (TPSA) is 32.3 Å². The number of anilines is 1. The Kier molecular flexibility index (Phi) is 4.14. The van der Waals surface area contributed by atoms with Gasteiger partial charge in [0.2, 0.25) is 0 Å². The van der Waals surface area contributed by atoms with Crippen molar-refractivity contribution in [1.82, 2.24) is 14.9 Å². The van der Waals surface area contributed by atoms with E-state index in [1.165, 1.54) is 4.90 Å². The number of hydrogen-bond donors (Lipinski definition) is 0. The number of aryl methyl sites for hydroxylation is 1. The molecule has 2 aromatic rings. The van der Waals surface area contributed by atoms with Crippen LogP contribution in [0.5, 0.6) is 0 Å². The predicted octanol–water partition coefficient (Wildman–Crippen LogP) is 3.01. The summed E-state index contributed by atoms with van der Waals surface area (Å²) in [7, 11) is 0. The van der Waals surface area contributed by atoms with Gasteiger partial charge < -0.3 is 4.90 Å². The normalized spacial score (nSPS) is 20.2. The number of fused-ring (bicyclic) bond motifs is 1. The van der Waals surface area contributed by atoms with Crippen molar-refractivity contribution in [1.29, 1.82) is 0 Å². The smallest absolute Gasteiger partial charge is 0.352 e. The zero-order chi connectivity index (χ0) is 16.6. The summed E-state index contributed by atoms with van der Waals surface area (Å²) < 4.78 is 37.8. The van der Waals surface area contributed by atoms with E-state index in [0.717, 1.165) is 22.5 Å². The number of alkyl halides is 3. The molecule has 0 amide bonds. The van der Waals surface area contributed by atoms with Crippen molar-refractivity contribution in [3.8, 4) is 0 Å². The molecule has 0 aliphatic carbocycles. The van der Waals surface area contributed by atoms with Gasteiger partial charge in [0.15, 0.2) is 5.82 Å². The maximum Gasteiger partial charge on any atom is 0.401 e. The zero-order valence-electron chi connectivity index (χ0n) is 13.1. The fourth-order valence-corrected chi connectivity index (χ4v) is 3.03. The molecule has 0 spiro atoms. The van der Waals surface area contributed by atoms with Gasteiger partial charge in [0.25, 0.3) is 0 Å². The van der Waals surface area contributed by atoms with Crippen LogP contribution < -0.4 is 4.90 Å². The van der Waals surface area contributed by atoms with Gasteiger partial charge in [-0.25, -0.2) is 9.97 Å². The second-order valence-corrected chi connectivity index (χ2v) is 6.00. The van der Waals surface area contributed by atoms with Crippen LogP contribution in [0, 0.1) is 6.92 Å². The van der Waals surface area contributed by atoms with Crippen LogP contribution in [0.2, 0.25) is 0 Å². The number of hydrogen-bond acceptors (Lipinski definition) is 4. The molecule has 1 atom stereocenters. The van der Waals surface area contributed by atoms with Gasteiger partial charge in [-0.05, 0) is 26.0 Å². The Morgan fingerprint density at radius 3 is 2.39 bits per heavy atom. The van der Waals surface area contributed by atoms with E-state index in [1.807, 2.05) is 43.0 Å². The molecule has 3 rings (SSSR count). The molecule has 4 nitrogen and oxygen atoms in total. The fraction of sp³-hybridized carbons (Fsp3) is 0.500. The summed E-state index contributed by atoms with van der Waals surface area (Å²) in [6, 6.07) is 7.43. The third kappa shape index (κ3) is 3.55. The minimum Gasteiger partial charge on any atom is -0.352 e. The summed E-state index contributed by atoms with van der Waals surface area (Å²) in [5.74, 6) is 0.766. The molecule has 124 valence electrons. The number of nitrogens with zero attached hydrogens (tertiary/aromatic N) is 4. The van der Waals surface area contributed by atoms with Crippen molar-refractivity contribution >= 4 is 16.9 Å². The molecule has 1 aromatic carbocycles. The van der Waals surface area contributed by atoms with E-state index >= 15 is 0 Å². The van der Waals surface area contributed by atoms with Crippen LogP contribution in [0.1, 0.15) is 12.6 Å². The van der Waals surface area contributed by atoms with Gasteiger partial charge in [-0.2, -0.15) is 13.2 Å². The van der Waals surface area contributed by atoms with E-state index in [1.54, 1.807) is 0 Å². The molecule has 0 saturated carbocycles. The minimum absolute atomic E-state index is 0.182. The Balaban J connectivity index is 1.80. The first-order chi connectivity index (χ1) is 10.8. The molecule has 23 heavy (non-hydrogen) atoms. The lowest BCUT2D eigenvalue weighted by atomic mass is 10.1. The monoisotopic (exact) mass is 324 g/mol. The summed E-state index contributed by atoms with van der Waals surface area (Å²) in [5.41, 5.74) is 2.44. The molecule has 0 bridgehead atoms. The quantitative estimate of drug-likeness (QED) is 0.850. The molecule has 1 fully saturated rings. The van der Waals surface area contributed by atoms with Crippen molar-refractivity contribution in [2.45, 2.75) is 26.1 Å². The van der Waals surface area contributed by atoms with E-state index in [-0.39, 0.29) is 6.04 Å². The molecule has 1 unspecified atom stereocenters. The average Bonchev–Trinajstić information content (AvgIpc) is 2.47. The van der Waals surface area contributed by atoms with Crippen molar-refractivity contribution < 1.29 is 13.2 Å². The number of para-hydroxylation sites is 2. The molecule has 1 aromatic heterocycles. The Morgan fingerprint density at radius 2 is 1.78 bits per heavy atom. The third-order valence-corrected chi connectivity index (χ3v) is 4.17.